The topological polar surface area (TPSA) is 66.5 Å². The first-order valence-corrected chi connectivity index (χ1v) is 11.3. The van der Waals surface area contributed by atoms with Gasteiger partial charge in [-0.2, -0.15) is 0 Å². The van der Waals surface area contributed by atoms with Crippen LogP contribution in [0.3, 0.4) is 0 Å². The van der Waals surface area contributed by atoms with Gasteiger partial charge in [0.2, 0.25) is 0 Å². The number of carbonyl (C=O) groups excluding carboxylic acids is 1. The lowest BCUT2D eigenvalue weighted by Crippen LogP contribution is -2.41. The summed E-state index contributed by atoms with van der Waals surface area (Å²) in [5.41, 5.74) is 2.37. The van der Waals surface area contributed by atoms with E-state index in [2.05, 4.69) is 27.7 Å². The Bertz CT molecular complexity index is 1020. The van der Waals surface area contributed by atoms with Crippen LogP contribution in [0.5, 0.6) is 0 Å². The van der Waals surface area contributed by atoms with Crippen LogP contribution in [0.4, 0.5) is 11.5 Å². The van der Waals surface area contributed by atoms with E-state index in [0.717, 1.165) is 49.4 Å². The Labute approximate surface area is 181 Å². The largest absolute Gasteiger partial charge is 0.379 e. The van der Waals surface area contributed by atoms with Crippen LogP contribution < -0.4 is 10.6 Å². The van der Waals surface area contributed by atoms with Crippen LogP contribution in [0.1, 0.15) is 10.4 Å². The lowest BCUT2D eigenvalue weighted by atomic mass is 10.1. The van der Waals surface area contributed by atoms with E-state index in [4.69, 9.17) is 9.72 Å². The maximum atomic E-state index is 13.0. The van der Waals surface area contributed by atoms with Gasteiger partial charge in [0.25, 0.3) is 5.91 Å². The number of carbonyl (C=O) groups is 1. The molecule has 7 heteroatoms. The van der Waals surface area contributed by atoms with Crippen molar-refractivity contribution in [3.05, 3.63) is 60.2 Å². The molecule has 0 atom stereocenters. The van der Waals surface area contributed by atoms with Gasteiger partial charge < -0.3 is 15.4 Å². The fraction of sp³-hybridized carbons (Fsp3) is 0.304. The summed E-state index contributed by atoms with van der Waals surface area (Å²) in [5, 5.41) is 7.27. The van der Waals surface area contributed by atoms with Crippen LogP contribution in [0.25, 0.3) is 10.9 Å². The second kappa shape index (κ2) is 9.93. The number of rotatable bonds is 7. The Morgan fingerprint density at radius 2 is 1.97 bits per heavy atom. The molecule has 0 bridgehead atoms. The molecule has 156 valence electrons. The molecule has 0 spiro atoms. The number of pyridine rings is 1. The number of nitrogens with zero attached hydrogens (tertiary/aromatic N) is 2. The number of ether oxygens (including phenoxy) is 1. The third-order valence-electron chi connectivity index (χ3n) is 5.12. The number of thioether (sulfide) groups is 1. The van der Waals surface area contributed by atoms with Gasteiger partial charge in [-0.25, -0.2) is 4.98 Å². The van der Waals surface area contributed by atoms with Gasteiger partial charge in [-0.15, -0.1) is 11.8 Å². The zero-order valence-corrected chi connectivity index (χ0v) is 17.9. The van der Waals surface area contributed by atoms with Crippen LogP contribution in [-0.2, 0) is 4.74 Å². The number of anilines is 2. The molecule has 1 amide bonds. The van der Waals surface area contributed by atoms with Crippen LogP contribution in [-0.4, -0.2) is 61.4 Å². The van der Waals surface area contributed by atoms with E-state index in [-0.39, 0.29) is 5.91 Å². The molecule has 1 saturated heterocycles. The number of aromatic nitrogens is 1. The van der Waals surface area contributed by atoms with E-state index in [9.17, 15) is 4.79 Å². The van der Waals surface area contributed by atoms with Crippen molar-refractivity contribution in [3.63, 3.8) is 0 Å². The van der Waals surface area contributed by atoms with Gasteiger partial charge in [-0.05, 0) is 36.6 Å². The molecule has 2 aromatic carbocycles. The quantitative estimate of drug-likeness (QED) is 0.565. The molecule has 30 heavy (non-hydrogen) atoms. The first-order valence-electron chi connectivity index (χ1n) is 10.1. The van der Waals surface area contributed by atoms with Crippen molar-refractivity contribution in [2.45, 2.75) is 4.90 Å². The summed E-state index contributed by atoms with van der Waals surface area (Å²) in [4.78, 5) is 21.2. The highest BCUT2D eigenvalue weighted by molar-refractivity contribution is 7.98. The third kappa shape index (κ3) is 5.11. The lowest BCUT2D eigenvalue weighted by Gasteiger charge is -2.26. The zero-order chi connectivity index (χ0) is 20.8. The lowest BCUT2D eigenvalue weighted by molar-refractivity contribution is 0.0383. The SMILES string of the molecule is CSc1cccc(Nc2cc(C(=O)NCCN3CCOCC3)c3ccccc3n2)c1. The molecule has 0 saturated carbocycles. The standard InChI is InChI=1S/C23H26N4O2S/c1-30-18-6-4-5-17(15-18)25-22-16-20(19-7-2-3-8-21(19)26-22)23(28)24-9-10-27-11-13-29-14-12-27/h2-8,15-16H,9-14H2,1H3,(H,24,28)(H,25,26). The third-order valence-corrected chi connectivity index (χ3v) is 5.85. The first-order chi connectivity index (χ1) is 14.7. The van der Waals surface area contributed by atoms with E-state index >= 15 is 0 Å². The smallest absolute Gasteiger partial charge is 0.252 e. The fourth-order valence-electron chi connectivity index (χ4n) is 3.52. The second-order valence-electron chi connectivity index (χ2n) is 7.14. The van der Waals surface area contributed by atoms with Gasteiger partial charge in [-0.3, -0.25) is 9.69 Å². The fourth-order valence-corrected chi connectivity index (χ4v) is 3.98. The van der Waals surface area contributed by atoms with Gasteiger partial charge >= 0.3 is 0 Å². The van der Waals surface area contributed by atoms with Crippen molar-refractivity contribution in [1.29, 1.82) is 0 Å². The molecule has 0 aliphatic carbocycles. The second-order valence-corrected chi connectivity index (χ2v) is 8.02. The normalized spacial score (nSPS) is 14.6. The summed E-state index contributed by atoms with van der Waals surface area (Å²) in [5.74, 6) is 0.577. The molecule has 1 fully saturated rings. The molecule has 2 N–H and O–H groups in total. The Kier molecular flexibility index (Phi) is 6.84. The highest BCUT2D eigenvalue weighted by Gasteiger charge is 2.15. The number of hydrogen-bond acceptors (Lipinski definition) is 6. The van der Waals surface area contributed by atoms with Gasteiger partial charge in [0.1, 0.15) is 5.82 Å². The molecular weight excluding hydrogens is 396 g/mol. The van der Waals surface area contributed by atoms with E-state index in [1.54, 1.807) is 11.8 Å². The molecule has 1 aromatic heterocycles. The Balaban J connectivity index is 1.52. The molecular formula is C23H26N4O2S. The summed E-state index contributed by atoms with van der Waals surface area (Å²) in [6.45, 7) is 4.78. The molecule has 2 heterocycles. The Hall–Kier alpha value is -2.61. The van der Waals surface area contributed by atoms with Crippen molar-refractivity contribution in [2.24, 2.45) is 0 Å². The van der Waals surface area contributed by atoms with Crippen LogP contribution in [0, 0.1) is 0 Å². The summed E-state index contributed by atoms with van der Waals surface area (Å²) in [7, 11) is 0. The number of hydrogen-bond donors (Lipinski definition) is 2. The maximum absolute atomic E-state index is 13.0. The number of para-hydroxylation sites is 1. The van der Waals surface area contributed by atoms with Gasteiger partial charge in [0.15, 0.2) is 0 Å². The average molecular weight is 423 g/mol. The zero-order valence-electron chi connectivity index (χ0n) is 17.1. The molecule has 1 aliphatic rings. The number of nitrogens with one attached hydrogen (secondary N) is 2. The highest BCUT2D eigenvalue weighted by Crippen LogP contribution is 2.25. The van der Waals surface area contributed by atoms with Crippen molar-refractivity contribution >= 4 is 40.1 Å². The molecule has 1 aliphatic heterocycles. The monoisotopic (exact) mass is 422 g/mol. The number of morpholine rings is 1. The maximum Gasteiger partial charge on any atom is 0.252 e. The molecule has 6 nitrogen and oxygen atoms in total. The predicted molar refractivity (Wildman–Crippen MR) is 123 cm³/mol. The summed E-state index contributed by atoms with van der Waals surface area (Å²) in [6, 6.07) is 17.7. The Morgan fingerprint density at radius 1 is 1.13 bits per heavy atom. The molecule has 0 radical (unpaired) electrons. The Morgan fingerprint density at radius 3 is 2.80 bits per heavy atom. The first kappa shape index (κ1) is 20.7. The van der Waals surface area contributed by atoms with Crippen molar-refractivity contribution in [2.75, 3.05) is 51.0 Å². The van der Waals surface area contributed by atoms with Crippen molar-refractivity contribution in [1.82, 2.24) is 15.2 Å². The van der Waals surface area contributed by atoms with Gasteiger partial charge in [0, 0.05) is 42.1 Å². The predicted octanol–water partition coefficient (Wildman–Crippen LogP) is 3.76. The number of amides is 1. The van der Waals surface area contributed by atoms with E-state index in [1.165, 1.54) is 4.90 Å². The summed E-state index contributed by atoms with van der Waals surface area (Å²) >= 11 is 1.69. The van der Waals surface area contributed by atoms with Crippen molar-refractivity contribution in [3.8, 4) is 0 Å². The van der Waals surface area contributed by atoms with Crippen LogP contribution in [0.2, 0.25) is 0 Å². The number of fused-ring (bicyclic) bond motifs is 1. The van der Waals surface area contributed by atoms with E-state index in [1.807, 2.05) is 48.7 Å². The minimum Gasteiger partial charge on any atom is -0.379 e. The minimum absolute atomic E-state index is 0.0808. The van der Waals surface area contributed by atoms with E-state index < -0.39 is 0 Å². The highest BCUT2D eigenvalue weighted by atomic mass is 32.2. The molecule has 3 aromatic rings. The minimum atomic E-state index is -0.0808. The van der Waals surface area contributed by atoms with Crippen molar-refractivity contribution < 1.29 is 9.53 Å². The van der Waals surface area contributed by atoms with Gasteiger partial charge in [0.05, 0.1) is 24.3 Å². The van der Waals surface area contributed by atoms with Gasteiger partial charge in [-0.1, -0.05) is 24.3 Å². The summed E-state index contributed by atoms with van der Waals surface area (Å²) < 4.78 is 5.38. The van der Waals surface area contributed by atoms with Crippen LogP contribution >= 0.6 is 11.8 Å². The van der Waals surface area contributed by atoms with Crippen LogP contribution in [0.15, 0.2) is 59.5 Å². The summed E-state index contributed by atoms with van der Waals surface area (Å²) in [6.07, 6.45) is 2.05. The number of benzene rings is 2. The average Bonchev–Trinajstić information content (AvgIpc) is 2.79. The molecule has 0 unspecified atom stereocenters. The molecule has 4 rings (SSSR count). The van der Waals surface area contributed by atoms with E-state index in [0.29, 0.717) is 17.9 Å².